The molecule has 0 aliphatic heterocycles. The lowest BCUT2D eigenvalue weighted by Gasteiger charge is -2.07. The maximum absolute atomic E-state index is 8.83. The van der Waals surface area contributed by atoms with E-state index in [0.717, 1.165) is 5.56 Å². The van der Waals surface area contributed by atoms with Crippen LogP contribution in [0.4, 0.5) is 11.5 Å². The van der Waals surface area contributed by atoms with Crippen LogP contribution in [-0.4, -0.2) is 4.98 Å². The van der Waals surface area contributed by atoms with Crippen molar-refractivity contribution in [2.24, 2.45) is 0 Å². The summed E-state index contributed by atoms with van der Waals surface area (Å²) in [5.74, 6) is 0.612. The zero-order chi connectivity index (χ0) is 13.0. The quantitative estimate of drug-likeness (QED) is 0.888. The largest absolute Gasteiger partial charge is 0.396 e. The minimum absolute atomic E-state index is 0.228. The predicted octanol–water partition coefficient (Wildman–Crippen LogP) is 2.80. The van der Waals surface area contributed by atoms with E-state index >= 15 is 0 Å². The first-order chi connectivity index (χ1) is 8.69. The predicted molar refractivity (Wildman–Crippen MR) is 72.1 cm³/mol. The van der Waals surface area contributed by atoms with Crippen molar-refractivity contribution in [3.8, 4) is 6.07 Å². The van der Waals surface area contributed by atoms with Gasteiger partial charge >= 0.3 is 0 Å². The fraction of sp³-hybridized carbons (Fsp3) is 0.0769. The number of anilines is 2. The van der Waals surface area contributed by atoms with Crippen LogP contribution in [-0.2, 0) is 6.54 Å². The zero-order valence-electron chi connectivity index (χ0n) is 9.52. The molecule has 5 heteroatoms. The molecule has 3 N–H and O–H groups in total. The number of nitrogen functional groups attached to an aromatic ring is 1. The summed E-state index contributed by atoms with van der Waals surface area (Å²) in [4.78, 5) is 4.10. The number of aromatic nitrogens is 1. The molecule has 2 rings (SSSR count). The Morgan fingerprint density at radius 2 is 2.17 bits per heavy atom. The lowest BCUT2D eigenvalue weighted by Crippen LogP contribution is -2.03. The van der Waals surface area contributed by atoms with Crippen LogP contribution in [0.5, 0.6) is 0 Å². The molecule has 90 valence electrons. The first-order valence-electron chi connectivity index (χ1n) is 5.34. The Morgan fingerprint density at radius 3 is 2.89 bits per heavy atom. The van der Waals surface area contributed by atoms with Gasteiger partial charge in [0.1, 0.15) is 11.9 Å². The van der Waals surface area contributed by atoms with Crippen molar-refractivity contribution >= 4 is 23.1 Å². The SMILES string of the molecule is N#Cc1nc(NCc2cccc(Cl)c2)ccc1N. The molecule has 2 aromatic rings. The molecule has 0 aliphatic carbocycles. The van der Waals surface area contributed by atoms with Gasteiger partial charge in [-0.1, -0.05) is 23.7 Å². The van der Waals surface area contributed by atoms with E-state index in [4.69, 9.17) is 22.6 Å². The first-order valence-corrected chi connectivity index (χ1v) is 5.72. The number of nitriles is 1. The summed E-state index contributed by atoms with van der Waals surface area (Å²) in [5, 5.41) is 12.6. The average molecular weight is 259 g/mol. The molecular weight excluding hydrogens is 248 g/mol. The standard InChI is InChI=1S/C13H11ClN4/c14-10-3-1-2-9(6-10)8-17-13-5-4-11(16)12(7-15)18-13/h1-6H,8,16H2,(H,17,18). The summed E-state index contributed by atoms with van der Waals surface area (Å²) in [5.41, 5.74) is 7.25. The maximum atomic E-state index is 8.83. The fourth-order valence-corrected chi connectivity index (χ4v) is 1.71. The van der Waals surface area contributed by atoms with Crippen molar-refractivity contribution in [2.75, 3.05) is 11.1 Å². The second-order valence-electron chi connectivity index (χ2n) is 3.73. The topological polar surface area (TPSA) is 74.7 Å². The highest BCUT2D eigenvalue weighted by molar-refractivity contribution is 6.30. The number of hydrogen-bond donors (Lipinski definition) is 2. The maximum Gasteiger partial charge on any atom is 0.165 e. The summed E-state index contributed by atoms with van der Waals surface area (Å²) in [6.07, 6.45) is 0. The van der Waals surface area contributed by atoms with Crippen molar-refractivity contribution in [2.45, 2.75) is 6.54 Å². The van der Waals surface area contributed by atoms with Crippen LogP contribution in [0.15, 0.2) is 36.4 Å². The molecule has 0 saturated heterocycles. The summed E-state index contributed by atoms with van der Waals surface area (Å²) in [6, 6.07) is 12.9. The van der Waals surface area contributed by atoms with Crippen LogP contribution in [0.3, 0.4) is 0 Å². The van der Waals surface area contributed by atoms with Crippen molar-refractivity contribution < 1.29 is 0 Å². The smallest absolute Gasteiger partial charge is 0.165 e. The lowest BCUT2D eigenvalue weighted by atomic mass is 10.2. The molecule has 0 bridgehead atoms. The zero-order valence-corrected chi connectivity index (χ0v) is 10.3. The highest BCUT2D eigenvalue weighted by atomic mass is 35.5. The molecule has 4 nitrogen and oxygen atoms in total. The first kappa shape index (κ1) is 12.2. The number of benzene rings is 1. The van der Waals surface area contributed by atoms with Crippen molar-refractivity contribution in [3.05, 3.63) is 52.7 Å². The van der Waals surface area contributed by atoms with Crippen LogP contribution in [0, 0.1) is 11.3 Å². The van der Waals surface area contributed by atoms with Gasteiger partial charge in [-0.3, -0.25) is 0 Å². The van der Waals surface area contributed by atoms with Gasteiger partial charge in [0.25, 0.3) is 0 Å². The van der Waals surface area contributed by atoms with E-state index in [2.05, 4.69) is 10.3 Å². The molecule has 0 radical (unpaired) electrons. The number of nitrogens with one attached hydrogen (secondary N) is 1. The second kappa shape index (κ2) is 5.39. The van der Waals surface area contributed by atoms with Crippen LogP contribution in [0.1, 0.15) is 11.3 Å². The lowest BCUT2D eigenvalue weighted by molar-refractivity contribution is 1.10. The van der Waals surface area contributed by atoms with Gasteiger partial charge in [0.05, 0.1) is 5.69 Å². The number of halogens is 1. The Bertz CT molecular complexity index is 604. The second-order valence-corrected chi connectivity index (χ2v) is 4.17. The van der Waals surface area contributed by atoms with Crippen LogP contribution < -0.4 is 11.1 Å². The van der Waals surface area contributed by atoms with E-state index in [1.807, 2.05) is 30.3 Å². The van der Waals surface area contributed by atoms with Gasteiger partial charge in [0.2, 0.25) is 0 Å². The van der Waals surface area contributed by atoms with E-state index in [9.17, 15) is 0 Å². The molecule has 1 heterocycles. The monoisotopic (exact) mass is 258 g/mol. The normalized spacial score (nSPS) is 9.78. The number of rotatable bonds is 3. The Balaban J connectivity index is 2.09. The Morgan fingerprint density at radius 1 is 1.33 bits per heavy atom. The van der Waals surface area contributed by atoms with Crippen LogP contribution in [0.25, 0.3) is 0 Å². The van der Waals surface area contributed by atoms with E-state index in [-0.39, 0.29) is 5.69 Å². The highest BCUT2D eigenvalue weighted by Gasteiger charge is 2.02. The van der Waals surface area contributed by atoms with Crippen molar-refractivity contribution in [3.63, 3.8) is 0 Å². The summed E-state index contributed by atoms with van der Waals surface area (Å²) < 4.78 is 0. The molecule has 0 unspecified atom stereocenters. The summed E-state index contributed by atoms with van der Waals surface area (Å²) in [6.45, 7) is 0.586. The summed E-state index contributed by atoms with van der Waals surface area (Å²) in [7, 11) is 0. The van der Waals surface area contributed by atoms with Crippen LogP contribution in [0.2, 0.25) is 5.02 Å². The Hall–Kier alpha value is -2.25. The molecule has 0 spiro atoms. The number of nitrogens with zero attached hydrogens (tertiary/aromatic N) is 2. The minimum Gasteiger partial charge on any atom is -0.396 e. The third-order valence-electron chi connectivity index (χ3n) is 2.40. The van der Waals surface area contributed by atoms with Crippen molar-refractivity contribution in [1.29, 1.82) is 5.26 Å². The molecule has 1 aromatic heterocycles. The van der Waals surface area contributed by atoms with E-state index in [1.165, 1.54) is 0 Å². The third kappa shape index (κ3) is 2.90. The molecule has 18 heavy (non-hydrogen) atoms. The van der Waals surface area contributed by atoms with Gasteiger partial charge < -0.3 is 11.1 Å². The number of pyridine rings is 1. The molecule has 0 aliphatic rings. The van der Waals surface area contributed by atoms with Gasteiger partial charge in [0.15, 0.2) is 5.69 Å². The van der Waals surface area contributed by atoms with Crippen molar-refractivity contribution in [1.82, 2.24) is 4.98 Å². The Labute approximate surface area is 110 Å². The average Bonchev–Trinajstić information content (AvgIpc) is 2.38. The number of hydrogen-bond acceptors (Lipinski definition) is 4. The summed E-state index contributed by atoms with van der Waals surface area (Å²) >= 11 is 5.89. The minimum atomic E-state index is 0.228. The molecule has 0 atom stereocenters. The van der Waals surface area contributed by atoms with Gasteiger partial charge in [-0.05, 0) is 29.8 Å². The molecule has 0 fully saturated rings. The van der Waals surface area contributed by atoms with Crippen LogP contribution >= 0.6 is 11.6 Å². The van der Waals surface area contributed by atoms with E-state index in [0.29, 0.717) is 23.1 Å². The van der Waals surface area contributed by atoms with Gasteiger partial charge in [-0.25, -0.2) is 4.98 Å². The number of nitrogens with two attached hydrogens (primary N) is 1. The van der Waals surface area contributed by atoms with Gasteiger partial charge in [-0.2, -0.15) is 5.26 Å². The highest BCUT2D eigenvalue weighted by Crippen LogP contribution is 2.15. The fourth-order valence-electron chi connectivity index (χ4n) is 1.50. The Kier molecular flexibility index (Phi) is 3.66. The van der Waals surface area contributed by atoms with Gasteiger partial charge in [0, 0.05) is 11.6 Å². The molecular formula is C13H11ClN4. The molecule has 1 aromatic carbocycles. The van der Waals surface area contributed by atoms with E-state index in [1.54, 1.807) is 12.1 Å². The molecule has 0 saturated carbocycles. The third-order valence-corrected chi connectivity index (χ3v) is 2.63. The van der Waals surface area contributed by atoms with E-state index < -0.39 is 0 Å². The van der Waals surface area contributed by atoms with Gasteiger partial charge in [-0.15, -0.1) is 0 Å². The molecule has 0 amide bonds.